The molecule has 1 fully saturated rings. The van der Waals surface area contributed by atoms with Gasteiger partial charge in [-0.25, -0.2) is 4.79 Å². The second kappa shape index (κ2) is 7.51. The molecule has 104 valence electrons. The quantitative estimate of drug-likeness (QED) is 0.745. The number of hydrogen-bond acceptors (Lipinski definition) is 3. The molecule has 2 amide bonds. The SMILES string of the molecule is CSCCCNC(=O)N1CCC(C(=O)O)C(C)C1. The summed E-state index contributed by atoms with van der Waals surface area (Å²) in [6, 6.07) is -0.0632. The number of urea groups is 1. The molecule has 0 aromatic rings. The zero-order chi connectivity index (χ0) is 13.5. The van der Waals surface area contributed by atoms with Gasteiger partial charge >= 0.3 is 12.0 Å². The molecule has 1 aliphatic rings. The molecule has 0 aliphatic carbocycles. The van der Waals surface area contributed by atoms with E-state index in [9.17, 15) is 9.59 Å². The van der Waals surface area contributed by atoms with Crippen molar-refractivity contribution in [3.8, 4) is 0 Å². The molecular weight excluding hydrogens is 252 g/mol. The first-order chi connectivity index (χ1) is 8.56. The predicted molar refractivity (Wildman–Crippen MR) is 72.9 cm³/mol. The van der Waals surface area contributed by atoms with E-state index in [1.54, 1.807) is 16.7 Å². The summed E-state index contributed by atoms with van der Waals surface area (Å²) in [5.74, 6) is -0.00104. The Morgan fingerprint density at radius 3 is 2.78 bits per heavy atom. The number of carbonyl (C=O) groups excluding carboxylic acids is 1. The maximum absolute atomic E-state index is 11.8. The molecule has 18 heavy (non-hydrogen) atoms. The highest BCUT2D eigenvalue weighted by molar-refractivity contribution is 7.98. The number of aliphatic carboxylic acids is 1. The molecule has 0 bridgehead atoms. The number of nitrogens with zero attached hydrogens (tertiary/aromatic N) is 1. The third kappa shape index (κ3) is 4.40. The van der Waals surface area contributed by atoms with Crippen LogP contribution in [0.25, 0.3) is 0 Å². The number of nitrogens with one attached hydrogen (secondary N) is 1. The lowest BCUT2D eigenvalue weighted by atomic mass is 9.87. The third-order valence-electron chi connectivity index (χ3n) is 3.31. The van der Waals surface area contributed by atoms with Gasteiger partial charge in [-0.1, -0.05) is 6.92 Å². The van der Waals surface area contributed by atoms with Crippen LogP contribution >= 0.6 is 11.8 Å². The second-order valence-corrected chi connectivity index (χ2v) is 5.72. The number of carbonyl (C=O) groups is 2. The Balaban J connectivity index is 2.31. The zero-order valence-corrected chi connectivity index (χ0v) is 11.8. The van der Waals surface area contributed by atoms with Gasteiger partial charge in [0, 0.05) is 19.6 Å². The van der Waals surface area contributed by atoms with E-state index < -0.39 is 5.97 Å². The van der Waals surface area contributed by atoms with Crippen LogP contribution in [0.2, 0.25) is 0 Å². The molecule has 1 saturated heterocycles. The molecule has 2 unspecified atom stereocenters. The molecule has 0 spiro atoms. The lowest BCUT2D eigenvalue weighted by Gasteiger charge is -2.34. The largest absolute Gasteiger partial charge is 0.481 e. The van der Waals surface area contributed by atoms with E-state index >= 15 is 0 Å². The average molecular weight is 274 g/mol. The third-order valence-corrected chi connectivity index (χ3v) is 4.01. The summed E-state index contributed by atoms with van der Waals surface area (Å²) in [6.45, 7) is 3.65. The second-order valence-electron chi connectivity index (χ2n) is 4.73. The molecule has 0 aromatic carbocycles. The topological polar surface area (TPSA) is 69.6 Å². The van der Waals surface area contributed by atoms with Crippen LogP contribution in [-0.2, 0) is 4.79 Å². The summed E-state index contributed by atoms with van der Waals surface area (Å²) in [5.41, 5.74) is 0. The van der Waals surface area contributed by atoms with E-state index in [-0.39, 0.29) is 17.9 Å². The van der Waals surface area contributed by atoms with Crippen LogP contribution in [0.5, 0.6) is 0 Å². The number of carboxylic acid groups (broad SMARTS) is 1. The number of likely N-dealkylation sites (tertiary alicyclic amines) is 1. The maximum Gasteiger partial charge on any atom is 0.317 e. The van der Waals surface area contributed by atoms with Crippen molar-refractivity contribution in [1.29, 1.82) is 0 Å². The number of thioether (sulfide) groups is 1. The predicted octanol–water partition coefficient (Wildman–Crippen LogP) is 1.49. The van der Waals surface area contributed by atoms with Crippen LogP contribution < -0.4 is 5.32 Å². The number of carboxylic acids is 1. The zero-order valence-electron chi connectivity index (χ0n) is 11.0. The van der Waals surface area contributed by atoms with Crippen molar-refractivity contribution in [3.63, 3.8) is 0 Å². The van der Waals surface area contributed by atoms with Crippen LogP contribution in [0, 0.1) is 11.8 Å². The Morgan fingerprint density at radius 2 is 2.22 bits per heavy atom. The van der Waals surface area contributed by atoms with Gasteiger partial charge in [0.05, 0.1) is 5.92 Å². The van der Waals surface area contributed by atoms with Crippen molar-refractivity contribution in [3.05, 3.63) is 0 Å². The van der Waals surface area contributed by atoms with Crippen LogP contribution in [-0.4, -0.2) is 53.6 Å². The standard InChI is InChI=1S/C12H22N2O3S/c1-9-8-14(6-4-10(9)11(15)16)12(17)13-5-3-7-18-2/h9-10H,3-8H2,1-2H3,(H,13,17)(H,15,16). The molecule has 2 atom stereocenters. The molecular formula is C12H22N2O3S. The number of hydrogen-bond donors (Lipinski definition) is 2. The Labute approximate surface area is 112 Å². The van der Waals surface area contributed by atoms with E-state index in [4.69, 9.17) is 5.11 Å². The van der Waals surface area contributed by atoms with E-state index in [0.29, 0.717) is 26.1 Å². The summed E-state index contributed by atoms with van der Waals surface area (Å²) in [6.07, 6.45) is 3.56. The monoisotopic (exact) mass is 274 g/mol. The van der Waals surface area contributed by atoms with Crippen molar-refractivity contribution in [2.75, 3.05) is 31.6 Å². The van der Waals surface area contributed by atoms with E-state index in [1.165, 1.54) is 0 Å². The highest BCUT2D eigenvalue weighted by atomic mass is 32.2. The fourth-order valence-corrected chi connectivity index (χ4v) is 2.65. The number of amides is 2. The normalized spacial score (nSPS) is 23.8. The lowest BCUT2D eigenvalue weighted by Crippen LogP contribution is -2.49. The highest BCUT2D eigenvalue weighted by Crippen LogP contribution is 2.23. The van der Waals surface area contributed by atoms with Crippen molar-refractivity contribution in [2.24, 2.45) is 11.8 Å². The van der Waals surface area contributed by atoms with Gasteiger partial charge in [-0.2, -0.15) is 11.8 Å². The minimum Gasteiger partial charge on any atom is -0.481 e. The first-order valence-corrected chi connectivity index (χ1v) is 7.70. The summed E-state index contributed by atoms with van der Waals surface area (Å²) >= 11 is 1.76. The minimum absolute atomic E-state index is 0.0215. The fraction of sp³-hybridized carbons (Fsp3) is 0.833. The van der Waals surface area contributed by atoms with E-state index in [1.807, 2.05) is 13.2 Å². The van der Waals surface area contributed by atoms with Gasteiger partial charge < -0.3 is 15.3 Å². The molecule has 1 rings (SSSR count). The average Bonchev–Trinajstić information content (AvgIpc) is 2.33. The van der Waals surface area contributed by atoms with Gasteiger partial charge in [-0.05, 0) is 30.8 Å². The lowest BCUT2D eigenvalue weighted by molar-refractivity contribution is -0.145. The smallest absolute Gasteiger partial charge is 0.317 e. The van der Waals surface area contributed by atoms with Gasteiger partial charge in [0.2, 0.25) is 0 Å². The number of rotatable bonds is 5. The first-order valence-electron chi connectivity index (χ1n) is 6.30. The Bertz CT molecular complexity index is 299. The van der Waals surface area contributed by atoms with Crippen molar-refractivity contribution >= 4 is 23.8 Å². The Kier molecular flexibility index (Phi) is 6.32. The minimum atomic E-state index is -0.748. The summed E-state index contributed by atoms with van der Waals surface area (Å²) in [7, 11) is 0. The van der Waals surface area contributed by atoms with Gasteiger partial charge in [-0.15, -0.1) is 0 Å². The van der Waals surface area contributed by atoms with Crippen LogP contribution in [0.3, 0.4) is 0 Å². The van der Waals surface area contributed by atoms with Crippen molar-refractivity contribution in [2.45, 2.75) is 19.8 Å². The Hall–Kier alpha value is -0.910. The number of piperidine rings is 1. The first kappa shape index (κ1) is 15.1. The van der Waals surface area contributed by atoms with Gasteiger partial charge in [0.15, 0.2) is 0 Å². The maximum atomic E-state index is 11.8. The molecule has 0 saturated carbocycles. The van der Waals surface area contributed by atoms with Gasteiger partial charge in [-0.3, -0.25) is 4.79 Å². The highest BCUT2D eigenvalue weighted by Gasteiger charge is 2.32. The summed E-state index contributed by atoms with van der Waals surface area (Å²) in [5, 5.41) is 11.9. The molecule has 2 N–H and O–H groups in total. The van der Waals surface area contributed by atoms with Gasteiger partial charge in [0.25, 0.3) is 0 Å². The molecule has 5 nitrogen and oxygen atoms in total. The van der Waals surface area contributed by atoms with Crippen molar-refractivity contribution < 1.29 is 14.7 Å². The Morgan fingerprint density at radius 1 is 1.50 bits per heavy atom. The summed E-state index contributed by atoms with van der Waals surface area (Å²) in [4.78, 5) is 24.5. The van der Waals surface area contributed by atoms with Crippen LogP contribution in [0.4, 0.5) is 4.79 Å². The molecule has 1 aliphatic heterocycles. The van der Waals surface area contributed by atoms with Crippen LogP contribution in [0.15, 0.2) is 0 Å². The van der Waals surface area contributed by atoms with E-state index in [2.05, 4.69) is 5.32 Å². The van der Waals surface area contributed by atoms with Crippen molar-refractivity contribution in [1.82, 2.24) is 10.2 Å². The van der Waals surface area contributed by atoms with Gasteiger partial charge in [0.1, 0.15) is 0 Å². The molecule has 6 heteroatoms. The summed E-state index contributed by atoms with van der Waals surface area (Å²) < 4.78 is 0. The molecule has 0 radical (unpaired) electrons. The molecule has 0 aromatic heterocycles. The fourth-order valence-electron chi connectivity index (χ4n) is 2.22. The molecule has 1 heterocycles. The van der Waals surface area contributed by atoms with Crippen LogP contribution in [0.1, 0.15) is 19.8 Å². The van der Waals surface area contributed by atoms with E-state index in [0.717, 1.165) is 12.2 Å².